The third-order valence-electron chi connectivity index (χ3n) is 4.29. The van der Waals surface area contributed by atoms with Crippen LogP contribution in [-0.4, -0.2) is 25.5 Å². The highest BCUT2D eigenvalue weighted by Crippen LogP contribution is 2.34. The molecule has 0 heterocycles. The molecule has 0 aliphatic rings. The summed E-state index contributed by atoms with van der Waals surface area (Å²) in [6.45, 7) is 7.25. The lowest BCUT2D eigenvalue weighted by molar-refractivity contribution is -0.120. The van der Waals surface area contributed by atoms with E-state index in [1.54, 1.807) is 12.1 Å². The highest BCUT2D eigenvalue weighted by molar-refractivity contribution is 6.31. The van der Waals surface area contributed by atoms with Gasteiger partial charge in [0, 0.05) is 23.7 Å². The number of amides is 2. The number of methoxy groups -OCH3 is 1. The van der Waals surface area contributed by atoms with Crippen molar-refractivity contribution in [1.82, 2.24) is 0 Å². The molecule has 0 saturated heterocycles. The Hall–Kier alpha value is -2.53. The van der Waals surface area contributed by atoms with Crippen molar-refractivity contribution < 1.29 is 14.3 Å². The van der Waals surface area contributed by atoms with Gasteiger partial charge in [0.05, 0.1) is 12.8 Å². The molecule has 0 aliphatic heterocycles. The Morgan fingerprint density at radius 2 is 1.89 bits per heavy atom. The van der Waals surface area contributed by atoms with E-state index in [4.69, 9.17) is 16.3 Å². The van der Waals surface area contributed by atoms with Crippen molar-refractivity contribution in [3.63, 3.8) is 0 Å². The summed E-state index contributed by atoms with van der Waals surface area (Å²) in [7, 11) is 1.50. The molecule has 0 saturated carbocycles. The number of para-hydroxylation sites is 1. The smallest absolute Gasteiger partial charge is 0.244 e. The van der Waals surface area contributed by atoms with Crippen LogP contribution in [0.2, 0.25) is 5.02 Å². The van der Waals surface area contributed by atoms with E-state index in [-0.39, 0.29) is 24.3 Å². The number of nitrogens with zero attached hydrogens (tertiary/aromatic N) is 1. The van der Waals surface area contributed by atoms with Crippen LogP contribution >= 0.6 is 11.6 Å². The van der Waals surface area contributed by atoms with Gasteiger partial charge >= 0.3 is 0 Å². The number of ether oxygens (including phenoxy) is 1. The van der Waals surface area contributed by atoms with Crippen molar-refractivity contribution in [3.05, 3.63) is 52.5 Å². The van der Waals surface area contributed by atoms with Crippen molar-refractivity contribution >= 4 is 34.8 Å². The zero-order valence-electron chi connectivity index (χ0n) is 16.3. The third-order valence-corrected chi connectivity index (χ3v) is 4.70. The maximum absolute atomic E-state index is 12.7. The molecular formula is C21H25ClN2O3. The summed E-state index contributed by atoms with van der Waals surface area (Å²) >= 11 is 6.15. The summed E-state index contributed by atoms with van der Waals surface area (Å²) in [6, 6.07) is 11.0. The fraction of sp³-hybridized carbons (Fsp3) is 0.333. The second-order valence-corrected chi connectivity index (χ2v) is 7.08. The first-order valence-electron chi connectivity index (χ1n) is 8.75. The molecule has 2 aromatic rings. The van der Waals surface area contributed by atoms with E-state index in [0.717, 1.165) is 16.8 Å². The molecule has 0 fully saturated rings. The van der Waals surface area contributed by atoms with Gasteiger partial charge < -0.3 is 10.1 Å². The molecule has 144 valence electrons. The van der Waals surface area contributed by atoms with Gasteiger partial charge in [-0.15, -0.1) is 0 Å². The van der Waals surface area contributed by atoms with Crippen molar-refractivity contribution in [2.75, 3.05) is 23.9 Å². The van der Waals surface area contributed by atoms with Gasteiger partial charge in [-0.3, -0.25) is 14.5 Å². The van der Waals surface area contributed by atoms with Gasteiger partial charge in [-0.05, 0) is 36.1 Å². The lowest BCUT2D eigenvalue weighted by atomic mass is 10.0. The molecule has 0 atom stereocenters. The minimum atomic E-state index is -0.284. The summed E-state index contributed by atoms with van der Waals surface area (Å²) < 4.78 is 5.35. The van der Waals surface area contributed by atoms with E-state index in [9.17, 15) is 9.59 Å². The number of hydrogen-bond donors (Lipinski definition) is 1. The first-order valence-corrected chi connectivity index (χ1v) is 9.13. The number of hydrogen-bond acceptors (Lipinski definition) is 3. The van der Waals surface area contributed by atoms with Crippen LogP contribution in [0.1, 0.15) is 37.8 Å². The number of benzene rings is 2. The fourth-order valence-corrected chi connectivity index (χ4v) is 2.99. The SMILES string of the molecule is COc1cc(Cl)c(C)cc1N(CC(=O)Nc1ccccc1C(C)C)C(C)=O. The van der Waals surface area contributed by atoms with Gasteiger partial charge in [-0.25, -0.2) is 0 Å². The number of carbonyl (C=O) groups excluding carboxylic acids is 2. The molecule has 0 aromatic heterocycles. The van der Waals surface area contributed by atoms with Gasteiger partial charge in [0.2, 0.25) is 11.8 Å². The van der Waals surface area contributed by atoms with Crippen molar-refractivity contribution in [1.29, 1.82) is 0 Å². The van der Waals surface area contributed by atoms with Crippen LogP contribution in [0.5, 0.6) is 5.75 Å². The van der Waals surface area contributed by atoms with Crippen LogP contribution in [0.25, 0.3) is 0 Å². The van der Waals surface area contributed by atoms with Gasteiger partial charge in [0.1, 0.15) is 12.3 Å². The average molecular weight is 389 g/mol. The Balaban J connectivity index is 2.29. The van der Waals surface area contributed by atoms with E-state index in [0.29, 0.717) is 16.5 Å². The normalized spacial score (nSPS) is 10.6. The molecule has 0 aliphatic carbocycles. The Labute approximate surface area is 165 Å². The predicted octanol–water partition coefficient (Wildman–Crippen LogP) is 4.77. The maximum Gasteiger partial charge on any atom is 0.244 e. The summed E-state index contributed by atoms with van der Waals surface area (Å²) in [4.78, 5) is 26.3. The van der Waals surface area contributed by atoms with Gasteiger partial charge in [-0.2, -0.15) is 0 Å². The fourth-order valence-electron chi connectivity index (χ4n) is 2.84. The lowest BCUT2D eigenvalue weighted by Gasteiger charge is -2.24. The highest BCUT2D eigenvalue weighted by atomic mass is 35.5. The molecule has 0 bridgehead atoms. The predicted molar refractivity (Wildman–Crippen MR) is 110 cm³/mol. The minimum Gasteiger partial charge on any atom is -0.495 e. The number of aryl methyl sites for hydroxylation is 1. The van der Waals surface area contributed by atoms with Crippen LogP contribution in [0, 0.1) is 6.92 Å². The summed E-state index contributed by atoms with van der Waals surface area (Å²) in [5, 5.41) is 3.45. The van der Waals surface area contributed by atoms with Crippen LogP contribution in [0.15, 0.2) is 36.4 Å². The molecule has 2 aromatic carbocycles. The number of nitrogens with one attached hydrogen (secondary N) is 1. The third kappa shape index (κ3) is 5.01. The Kier molecular flexibility index (Phi) is 6.86. The number of anilines is 2. The van der Waals surface area contributed by atoms with Gasteiger partial charge in [-0.1, -0.05) is 43.6 Å². The summed E-state index contributed by atoms with van der Waals surface area (Å²) in [5.41, 5.74) is 3.10. The number of carbonyl (C=O) groups is 2. The van der Waals surface area contributed by atoms with E-state index in [1.807, 2.05) is 31.2 Å². The molecule has 0 spiro atoms. The van der Waals surface area contributed by atoms with E-state index in [2.05, 4.69) is 19.2 Å². The molecule has 2 rings (SSSR count). The first kappa shape index (κ1) is 20.8. The van der Waals surface area contributed by atoms with Crippen LogP contribution in [0.3, 0.4) is 0 Å². The zero-order chi connectivity index (χ0) is 20.1. The zero-order valence-corrected chi connectivity index (χ0v) is 17.1. The number of halogens is 1. The van der Waals surface area contributed by atoms with Crippen LogP contribution in [0.4, 0.5) is 11.4 Å². The molecule has 0 unspecified atom stereocenters. The van der Waals surface area contributed by atoms with Gasteiger partial charge in [0.25, 0.3) is 0 Å². The Morgan fingerprint density at radius 3 is 2.48 bits per heavy atom. The second-order valence-electron chi connectivity index (χ2n) is 6.67. The van der Waals surface area contributed by atoms with Crippen LogP contribution in [-0.2, 0) is 9.59 Å². The van der Waals surface area contributed by atoms with E-state index >= 15 is 0 Å². The molecule has 1 N–H and O–H groups in total. The quantitative estimate of drug-likeness (QED) is 0.775. The van der Waals surface area contributed by atoms with Crippen molar-refractivity contribution in [3.8, 4) is 5.75 Å². The maximum atomic E-state index is 12.7. The molecular weight excluding hydrogens is 364 g/mol. The largest absolute Gasteiger partial charge is 0.495 e. The second kappa shape index (κ2) is 8.91. The van der Waals surface area contributed by atoms with Crippen molar-refractivity contribution in [2.45, 2.75) is 33.6 Å². The standard InChI is InChI=1S/C21H25ClN2O3/c1-13(2)16-8-6-7-9-18(16)23-21(26)12-24(15(4)25)19-10-14(3)17(22)11-20(19)27-5/h6-11,13H,12H2,1-5H3,(H,23,26). The lowest BCUT2D eigenvalue weighted by Crippen LogP contribution is -2.37. The van der Waals surface area contributed by atoms with Gasteiger partial charge in [0.15, 0.2) is 0 Å². The highest BCUT2D eigenvalue weighted by Gasteiger charge is 2.21. The van der Waals surface area contributed by atoms with Crippen LogP contribution < -0.4 is 15.0 Å². The Bertz CT molecular complexity index is 849. The van der Waals surface area contributed by atoms with E-state index in [1.165, 1.54) is 18.9 Å². The van der Waals surface area contributed by atoms with E-state index < -0.39 is 0 Å². The molecule has 6 heteroatoms. The Morgan fingerprint density at radius 1 is 1.22 bits per heavy atom. The topological polar surface area (TPSA) is 58.6 Å². The minimum absolute atomic E-state index is 0.126. The molecule has 5 nitrogen and oxygen atoms in total. The molecule has 2 amide bonds. The summed E-state index contributed by atoms with van der Waals surface area (Å²) in [6.07, 6.45) is 0. The molecule has 27 heavy (non-hydrogen) atoms. The first-order chi connectivity index (χ1) is 12.7. The average Bonchev–Trinajstić information content (AvgIpc) is 2.61. The summed E-state index contributed by atoms with van der Waals surface area (Å²) in [5.74, 6) is 0.163. The van der Waals surface area contributed by atoms with Crippen molar-refractivity contribution in [2.24, 2.45) is 0 Å². The molecule has 0 radical (unpaired) electrons. The monoisotopic (exact) mass is 388 g/mol. The number of rotatable bonds is 6.